The predicted molar refractivity (Wildman–Crippen MR) is 47.7 cm³/mol. The molecular formula is C9H12N2O. The largest absolute Gasteiger partial charge is 0.303 e. The topological polar surface area (TPSA) is 46.3 Å². The van der Waals surface area contributed by atoms with Gasteiger partial charge in [-0.2, -0.15) is 0 Å². The van der Waals surface area contributed by atoms with Crippen molar-refractivity contribution in [3.05, 3.63) is 35.7 Å². The summed E-state index contributed by atoms with van der Waals surface area (Å²) in [6.45, 7) is 1.91. The van der Waals surface area contributed by atoms with Crippen molar-refractivity contribution in [3.63, 3.8) is 0 Å². The molecule has 1 aliphatic heterocycles. The summed E-state index contributed by atoms with van der Waals surface area (Å²) in [5, 5.41) is 1.56. The minimum absolute atomic E-state index is 0.403. The summed E-state index contributed by atoms with van der Waals surface area (Å²) >= 11 is 0. The van der Waals surface area contributed by atoms with E-state index in [2.05, 4.69) is 0 Å². The van der Waals surface area contributed by atoms with Crippen LogP contribution in [0.5, 0.6) is 0 Å². The second kappa shape index (κ2) is 3.88. The third kappa shape index (κ3) is 1.83. The van der Waals surface area contributed by atoms with E-state index >= 15 is 0 Å². The van der Waals surface area contributed by atoms with E-state index in [1.54, 1.807) is 11.1 Å². The van der Waals surface area contributed by atoms with Crippen molar-refractivity contribution < 1.29 is 4.79 Å². The molecule has 12 heavy (non-hydrogen) atoms. The van der Waals surface area contributed by atoms with Gasteiger partial charge in [0.05, 0.1) is 5.70 Å². The lowest BCUT2D eigenvalue weighted by Gasteiger charge is -2.22. The smallest absolute Gasteiger partial charge is 0.123 e. The Morgan fingerprint density at radius 1 is 1.67 bits per heavy atom. The summed E-state index contributed by atoms with van der Waals surface area (Å²) in [5.41, 5.74) is 1.83. The maximum Gasteiger partial charge on any atom is 0.123 e. The summed E-state index contributed by atoms with van der Waals surface area (Å²) in [6.07, 6.45) is 8.74. The Morgan fingerprint density at radius 2 is 2.42 bits per heavy atom. The second-order valence-corrected chi connectivity index (χ2v) is 2.57. The molecule has 0 spiro atoms. The van der Waals surface area contributed by atoms with Crippen molar-refractivity contribution in [2.75, 3.05) is 0 Å². The molecular weight excluding hydrogens is 152 g/mol. The number of rotatable bonds is 2. The van der Waals surface area contributed by atoms with Crippen molar-refractivity contribution in [1.82, 2.24) is 5.01 Å². The lowest BCUT2D eigenvalue weighted by Crippen LogP contribution is -2.28. The minimum atomic E-state index is 0.403. The summed E-state index contributed by atoms with van der Waals surface area (Å²) in [6, 6.07) is 0. The van der Waals surface area contributed by atoms with Gasteiger partial charge in [-0.15, -0.1) is 0 Å². The highest BCUT2D eigenvalue weighted by molar-refractivity contribution is 5.53. The number of allylic oxidation sites excluding steroid dienone is 5. The van der Waals surface area contributed by atoms with Gasteiger partial charge in [0.2, 0.25) is 0 Å². The molecule has 0 saturated carbocycles. The van der Waals surface area contributed by atoms with Crippen LogP contribution >= 0.6 is 0 Å². The van der Waals surface area contributed by atoms with E-state index in [4.69, 9.17) is 5.84 Å². The molecule has 0 radical (unpaired) electrons. The van der Waals surface area contributed by atoms with Crippen LogP contribution in [0.2, 0.25) is 0 Å². The van der Waals surface area contributed by atoms with Crippen molar-refractivity contribution in [1.29, 1.82) is 0 Å². The maximum atomic E-state index is 10.1. The number of nitrogens with two attached hydrogens (primary N) is 1. The average Bonchev–Trinajstić information content (AvgIpc) is 2.08. The zero-order chi connectivity index (χ0) is 8.97. The Hall–Kier alpha value is -1.35. The Balaban J connectivity index is 2.75. The van der Waals surface area contributed by atoms with Crippen LogP contribution in [-0.2, 0) is 4.79 Å². The Bertz CT molecular complexity index is 264. The first-order valence-corrected chi connectivity index (χ1v) is 3.79. The average molecular weight is 164 g/mol. The molecule has 0 bridgehead atoms. The summed E-state index contributed by atoms with van der Waals surface area (Å²) in [4.78, 5) is 10.1. The maximum absolute atomic E-state index is 10.1. The molecule has 0 aromatic carbocycles. The zero-order valence-electron chi connectivity index (χ0n) is 7.03. The summed E-state index contributed by atoms with van der Waals surface area (Å²) < 4.78 is 0. The predicted octanol–water partition coefficient (Wildman–Crippen LogP) is 1.11. The van der Waals surface area contributed by atoms with Crippen LogP contribution in [0.25, 0.3) is 0 Å². The van der Waals surface area contributed by atoms with E-state index in [1.807, 2.05) is 25.2 Å². The highest BCUT2D eigenvalue weighted by atomic mass is 16.1. The fourth-order valence-corrected chi connectivity index (χ4v) is 0.985. The number of aldehydes is 1. The third-order valence-corrected chi connectivity index (χ3v) is 1.69. The van der Waals surface area contributed by atoms with E-state index < -0.39 is 0 Å². The van der Waals surface area contributed by atoms with Crippen LogP contribution in [0, 0.1) is 0 Å². The van der Waals surface area contributed by atoms with Gasteiger partial charge in [0.15, 0.2) is 0 Å². The molecule has 3 heteroatoms. The van der Waals surface area contributed by atoms with E-state index in [1.165, 1.54) is 0 Å². The molecule has 0 aromatic heterocycles. The van der Waals surface area contributed by atoms with E-state index in [9.17, 15) is 4.79 Å². The van der Waals surface area contributed by atoms with Crippen LogP contribution in [0.3, 0.4) is 0 Å². The van der Waals surface area contributed by atoms with Gasteiger partial charge in [0, 0.05) is 12.1 Å². The molecule has 0 amide bonds. The highest BCUT2D eigenvalue weighted by Crippen LogP contribution is 2.14. The quantitative estimate of drug-likeness (QED) is 0.491. The van der Waals surface area contributed by atoms with Gasteiger partial charge in [-0.05, 0) is 19.1 Å². The van der Waals surface area contributed by atoms with Gasteiger partial charge in [-0.3, -0.25) is 5.01 Å². The van der Waals surface area contributed by atoms with Crippen LogP contribution in [0.1, 0.15) is 13.3 Å². The molecule has 0 fully saturated rings. The normalized spacial score (nSPS) is 19.7. The molecule has 0 unspecified atom stereocenters. The van der Waals surface area contributed by atoms with Gasteiger partial charge in [-0.25, -0.2) is 5.84 Å². The Labute approximate surface area is 71.8 Å². The first-order chi connectivity index (χ1) is 5.75. The molecule has 0 aliphatic carbocycles. The Morgan fingerprint density at radius 3 is 3.08 bits per heavy atom. The molecule has 1 rings (SSSR count). The number of hydrogen-bond acceptors (Lipinski definition) is 3. The zero-order valence-corrected chi connectivity index (χ0v) is 7.03. The summed E-state index contributed by atoms with van der Waals surface area (Å²) in [7, 11) is 0. The van der Waals surface area contributed by atoms with Gasteiger partial charge in [0.1, 0.15) is 6.29 Å². The Kier molecular flexibility index (Phi) is 2.82. The number of carbonyl (C=O) groups excluding carboxylic acids is 1. The number of nitrogens with zero attached hydrogens (tertiary/aromatic N) is 1. The van der Waals surface area contributed by atoms with Crippen molar-refractivity contribution >= 4 is 6.29 Å². The molecule has 2 N–H and O–H groups in total. The van der Waals surface area contributed by atoms with Gasteiger partial charge in [0.25, 0.3) is 0 Å². The SMILES string of the molecule is CC1=CC=C/C(=C/CC=O)N1N. The molecule has 3 nitrogen and oxygen atoms in total. The summed E-state index contributed by atoms with van der Waals surface area (Å²) in [5.74, 6) is 5.69. The fourth-order valence-electron chi connectivity index (χ4n) is 0.985. The van der Waals surface area contributed by atoms with Crippen molar-refractivity contribution in [2.45, 2.75) is 13.3 Å². The molecule has 64 valence electrons. The lowest BCUT2D eigenvalue weighted by atomic mass is 10.2. The lowest BCUT2D eigenvalue weighted by molar-refractivity contribution is -0.107. The first kappa shape index (κ1) is 8.74. The van der Waals surface area contributed by atoms with E-state index in [0.717, 1.165) is 17.7 Å². The van der Waals surface area contributed by atoms with Crippen LogP contribution in [-0.4, -0.2) is 11.3 Å². The van der Waals surface area contributed by atoms with Crippen LogP contribution in [0.15, 0.2) is 35.7 Å². The first-order valence-electron chi connectivity index (χ1n) is 3.79. The molecule has 1 aliphatic rings. The van der Waals surface area contributed by atoms with E-state index in [-0.39, 0.29) is 0 Å². The van der Waals surface area contributed by atoms with Crippen molar-refractivity contribution in [2.24, 2.45) is 5.84 Å². The molecule has 1 heterocycles. The van der Waals surface area contributed by atoms with Gasteiger partial charge < -0.3 is 4.79 Å². The third-order valence-electron chi connectivity index (χ3n) is 1.69. The molecule has 0 aromatic rings. The minimum Gasteiger partial charge on any atom is -0.303 e. The van der Waals surface area contributed by atoms with Crippen LogP contribution < -0.4 is 5.84 Å². The van der Waals surface area contributed by atoms with E-state index in [0.29, 0.717) is 6.42 Å². The highest BCUT2D eigenvalue weighted by Gasteiger charge is 2.05. The van der Waals surface area contributed by atoms with Crippen LogP contribution in [0.4, 0.5) is 0 Å². The van der Waals surface area contributed by atoms with Gasteiger partial charge in [-0.1, -0.05) is 12.2 Å². The molecule has 0 atom stereocenters. The monoisotopic (exact) mass is 164 g/mol. The number of hydrogen-bond donors (Lipinski definition) is 1. The molecule has 0 saturated heterocycles. The van der Waals surface area contributed by atoms with Gasteiger partial charge >= 0.3 is 0 Å². The number of carbonyl (C=O) groups is 1. The van der Waals surface area contributed by atoms with Crippen molar-refractivity contribution in [3.8, 4) is 0 Å². The number of hydrazine groups is 1. The second-order valence-electron chi connectivity index (χ2n) is 2.57. The fraction of sp³-hybridized carbons (Fsp3) is 0.222. The standard InChI is InChI=1S/C9H12N2O/c1-8-4-2-5-9(11(8)10)6-3-7-12/h2,4-7H,3,10H2,1H3/b9-6-.